The van der Waals surface area contributed by atoms with Crippen molar-refractivity contribution in [3.8, 4) is 0 Å². The van der Waals surface area contributed by atoms with Crippen LogP contribution in [0.15, 0.2) is 17.0 Å². The first-order valence-electron chi connectivity index (χ1n) is 8.77. The van der Waals surface area contributed by atoms with Crippen molar-refractivity contribution in [3.05, 3.63) is 28.8 Å². The van der Waals surface area contributed by atoms with Crippen molar-refractivity contribution in [1.29, 1.82) is 0 Å². The number of hydrogen-bond acceptors (Lipinski definition) is 4. The molecular formula is C18H29N3O3S. The van der Waals surface area contributed by atoms with E-state index in [1.165, 1.54) is 0 Å². The summed E-state index contributed by atoms with van der Waals surface area (Å²) in [5.74, 6) is 0.00889. The summed E-state index contributed by atoms with van der Waals surface area (Å²) in [4.78, 5) is 14.4. The monoisotopic (exact) mass is 367 g/mol. The van der Waals surface area contributed by atoms with Gasteiger partial charge in [-0.25, -0.2) is 13.1 Å². The quantitative estimate of drug-likeness (QED) is 0.798. The minimum absolute atomic E-state index is 0.00889. The minimum atomic E-state index is -3.61. The molecular weight excluding hydrogens is 338 g/mol. The van der Waals surface area contributed by atoms with Gasteiger partial charge in [0.25, 0.3) is 0 Å². The molecule has 0 bridgehead atoms. The molecule has 7 heteroatoms. The molecule has 2 rings (SSSR count). The summed E-state index contributed by atoms with van der Waals surface area (Å²) < 4.78 is 27.7. The fourth-order valence-electron chi connectivity index (χ4n) is 3.53. The molecule has 1 heterocycles. The number of amides is 1. The number of nitrogens with zero attached hydrogens (tertiary/aromatic N) is 1. The minimum Gasteiger partial charge on any atom is -0.343 e. The number of sulfonamides is 1. The number of nitrogens with one attached hydrogen (secondary N) is 2. The summed E-state index contributed by atoms with van der Waals surface area (Å²) in [6.45, 7) is 7.12. The summed E-state index contributed by atoms with van der Waals surface area (Å²) >= 11 is 0. The van der Waals surface area contributed by atoms with Gasteiger partial charge in [-0.05, 0) is 51.8 Å². The Hall–Kier alpha value is -1.44. The van der Waals surface area contributed by atoms with Gasteiger partial charge in [0.05, 0.1) is 4.90 Å². The summed E-state index contributed by atoms with van der Waals surface area (Å²) in [6, 6.07) is 4.19. The Morgan fingerprint density at radius 2 is 1.72 bits per heavy atom. The Bertz CT molecular complexity index is 700. The first-order valence-corrected chi connectivity index (χ1v) is 10.3. The van der Waals surface area contributed by atoms with E-state index in [9.17, 15) is 13.2 Å². The summed E-state index contributed by atoms with van der Waals surface area (Å²) in [6.07, 6.45) is 2.07. The second-order valence-electron chi connectivity index (χ2n) is 6.82. The van der Waals surface area contributed by atoms with Gasteiger partial charge in [-0.3, -0.25) is 4.79 Å². The van der Waals surface area contributed by atoms with E-state index < -0.39 is 10.0 Å². The van der Waals surface area contributed by atoms with Crippen LogP contribution in [-0.4, -0.2) is 51.9 Å². The van der Waals surface area contributed by atoms with Crippen molar-refractivity contribution in [1.82, 2.24) is 14.9 Å². The van der Waals surface area contributed by atoms with E-state index in [4.69, 9.17) is 0 Å². The second-order valence-corrected chi connectivity index (χ2v) is 8.52. The van der Waals surface area contributed by atoms with Gasteiger partial charge in [-0.15, -0.1) is 0 Å². The zero-order valence-electron chi connectivity index (χ0n) is 15.6. The fourth-order valence-corrected chi connectivity index (χ4v) is 5.01. The Morgan fingerprint density at radius 3 is 2.24 bits per heavy atom. The highest BCUT2D eigenvalue weighted by Crippen LogP contribution is 2.21. The van der Waals surface area contributed by atoms with Gasteiger partial charge in [0.1, 0.15) is 0 Å². The number of carbonyl (C=O) groups is 1. The molecule has 1 amide bonds. The lowest BCUT2D eigenvalue weighted by Gasteiger charge is -2.31. The smallest absolute Gasteiger partial charge is 0.241 e. The van der Waals surface area contributed by atoms with Gasteiger partial charge in [-0.1, -0.05) is 17.7 Å². The maximum absolute atomic E-state index is 12.6. The third kappa shape index (κ3) is 5.03. The van der Waals surface area contributed by atoms with E-state index in [0.717, 1.165) is 42.6 Å². The molecule has 1 aliphatic rings. The van der Waals surface area contributed by atoms with Crippen molar-refractivity contribution >= 4 is 15.9 Å². The van der Waals surface area contributed by atoms with Gasteiger partial charge in [-0.2, -0.15) is 0 Å². The largest absolute Gasteiger partial charge is 0.343 e. The van der Waals surface area contributed by atoms with Crippen LogP contribution in [0, 0.1) is 20.8 Å². The molecule has 1 aromatic carbocycles. The summed E-state index contributed by atoms with van der Waals surface area (Å²) in [7, 11) is -1.67. The molecule has 140 valence electrons. The molecule has 0 unspecified atom stereocenters. The van der Waals surface area contributed by atoms with Crippen molar-refractivity contribution in [2.45, 2.75) is 51.0 Å². The first-order chi connectivity index (χ1) is 11.7. The Labute approximate surface area is 151 Å². The maximum atomic E-state index is 12.6. The molecule has 1 aromatic rings. The number of piperidine rings is 1. The number of likely N-dealkylation sites (tertiary alicyclic amines) is 1. The lowest BCUT2D eigenvalue weighted by Crippen LogP contribution is -2.44. The molecule has 0 spiro atoms. The van der Waals surface area contributed by atoms with E-state index in [-0.39, 0.29) is 18.9 Å². The van der Waals surface area contributed by atoms with E-state index in [1.54, 1.807) is 13.8 Å². The molecule has 6 nitrogen and oxygen atoms in total. The van der Waals surface area contributed by atoms with E-state index in [1.807, 2.05) is 31.0 Å². The molecule has 0 radical (unpaired) electrons. The second kappa shape index (κ2) is 8.29. The molecule has 0 atom stereocenters. The Kier molecular flexibility index (Phi) is 6.59. The summed E-state index contributed by atoms with van der Waals surface area (Å²) in [5, 5.41) is 3.23. The average molecular weight is 368 g/mol. The van der Waals surface area contributed by atoms with Crippen LogP contribution in [0.25, 0.3) is 0 Å². The molecule has 1 aliphatic heterocycles. The van der Waals surface area contributed by atoms with Crippen LogP contribution in [-0.2, 0) is 14.8 Å². The standard InChI is InChI=1S/C18H29N3O3S/c1-13-11-14(2)18(15(3)12-13)25(23,24)20-8-5-17(22)21-9-6-16(19-4)7-10-21/h11-12,16,19-20H,5-10H2,1-4H3. The van der Waals surface area contributed by atoms with Crippen LogP contribution in [0.1, 0.15) is 36.0 Å². The van der Waals surface area contributed by atoms with Crippen LogP contribution < -0.4 is 10.0 Å². The molecule has 1 fully saturated rings. The van der Waals surface area contributed by atoms with Gasteiger partial charge < -0.3 is 10.2 Å². The van der Waals surface area contributed by atoms with Gasteiger partial charge in [0.2, 0.25) is 15.9 Å². The number of benzene rings is 1. The third-order valence-electron chi connectivity index (χ3n) is 4.76. The van der Waals surface area contributed by atoms with Crippen LogP contribution in [0.4, 0.5) is 0 Å². The van der Waals surface area contributed by atoms with Crippen molar-refractivity contribution in [2.24, 2.45) is 0 Å². The van der Waals surface area contributed by atoms with Crippen LogP contribution in [0.5, 0.6) is 0 Å². The van der Waals surface area contributed by atoms with E-state index in [2.05, 4.69) is 10.0 Å². The van der Waals surface area contributed by atoms with Crippen molar-refractivity contribution in [2.75, 3.05) is 26.7 Å². The zero-order valence-corrected chi connectivity index (χ0v) is 16.4. The Morgan fingerprint density at radius 1 is 1.16 bits per heavy atom. The van der Waals surface area contributed by atoms with Crippen molar-refractivity contribution < 1.29 is 13.2 Å². The van der Waals surface area contributed by atoms with Crippen LogP contribution >= 0.6 is 0 Å². The fraction of sp³-hybridized carbons (Fsp3) is 0.611. The number of hydrogen-bond donors (Lipinski definition) is 2. The Balaban J connectivity index is 1.92. The SMILES string of the molecule is CNC1CCN(C(=O)CCNS(=O)(=O)c2c(C)cc(C)cc2C)CC1. The molecule has 0 saturated carbocycles. The van der Waals surface area contributed by atoms with Gasteiger partial charge in [0, 0.05) is 32.1 Å². The molecule has 25 heavy (non-hydrogen) atoms. The molecule has 0 aliphatic carbocycles. The number of carbonyl (C=O) groups excluding carboxylic acids is 1. The zero-order chi connectivity index (χ0) is 18.6. The first kappa shape index (κ1) is 19.9. The lowest BCUT2D eigenvalue weighted by molar-refractivity contribution is -0.132. The maximum Gasteiger partial charge on any atom is 0.241 e. The normalized spacial score (nSPS) is 16.2. The van der Waals surface area contributed by atoms with E-state index in [0.29, 0.717) is 10.9 Å². The van der Waals surface area contributed by atoms with Crippen LogP contribution in [0.2, 0.25) is 0 Å². The highest BCUT2D eigenvalue weighted by Gasteiger charge is 2.23. The average Bonchev–Trinajstić information content (AvgIpc) is 2.53. The molecule has 2 N–H and O–H groups in total. The third-order valence-corrected chi connectivity index (χ3v) is 6.53. The van der Waals surface area contributed by atoms with E-state index >= 15 is 0 Å². The number of rotatable bonds is 6. The molecule has 1 saturated heterocycles. The van der Waals surface area contributed by atoms with Crippen LogP contribution in [0.3, 0.4) is 0 Å². The van der Waals surface area contributed by atoms with Gasteiger partial charge >= 0.3 is 0 Å². The van der Waals surface area contributed by atoms with Gasteiger partial charge in [0.15, 0.2) is 0 Å². The summed E-state index contributed by atoms with van der Waals surface area (Å²) in [5.41, 5.74) is 2.49. The number of aryl methyl sites for hydroxylation is 3. The predicted octanol–water partition coefficient (Wildman–Crippen LogP) is 1.49. The lowest BCUT2D eigenvalue weighted by atomic mass is 10.1. The molecule has 0 aromatic heterocycles. The predicted molar refractivity (Wildman–Crippen MR) is 99.1 cm³/mol. The highest BCUT2D eigenvalue weighted by molar-refractivity contribution is 7.89. The highest BCUT2D eigenvalue weighted by atomic mass is 32.2. The topological polar surface area (TPSA) is 78.5 Å². The van der Waals surface area contributed by atoms with Crippen molar-refractivity contribution in [3.63, 3.8) is 0 Å².